The fraction of sp³-hybridized carbons (Fsp3) is 0.100. The minimum atomic E-state index is -0.381. The fourth-order valence-corrected chi connectivity index (χ4v) is 1.61. The third-order valence-corrected chi connectivity index (χ3v) is 2.26. The predicted molar refractivity (Wildman–Crippen MR) is 58.3 cm³/mol. The van der Waals surface area contributed by atoms with Crippen LogP contribution >= 0.6 is 0 Å². The van der Waals surface area contributed by atoms with Crippen molar-refractivity contribution in [1.29, 1.82) is 0 Å². The topological polar surface area (TPSA) is 84.4 Å². The number of fused-ring (bicyclic) bond motifs is 1. The molecule has 0 aliphatic carbocycles. The van der Waals surface area contributed by atoms with Crippen LogP contribution in [-0.2, 0) is 0 Å². The smallest absolute Gasteiger partial charge is 0.340 e. The Morgan fingerprint density at radius 2 is 2.07 bits per heavy atom. The van der Waals surface area contributed by atoms with Gasteiger partial charge in [0.2, 0.25) is 0 Å². The highest BCUT2D eigenvalue weighted by Gasteiger charge is 2.25. The van der Waals surface area contributed by atoms with E-state index in [9.17, 15) is 4.79 Å². The van der Waals surface area contributed by atoms with Crippen LogP contribution in [0.15, 0.2) is 30.0 Å². The molecule has 2 rings (SSSR count). The number of urea groups is 1. The number of anilines is 1. The van der Waals surface area contributed by atoms with Crippen molar-refractivity contribution in [3.63, 3.8) is 0 Å². The van der Waals surface area contributed by atoms with Gasteiger partial charge in [0.05, 0.1) is 11.4 Å². The van der Waals surface area contributed by atoms with Gasteiger partial charge in [-0.15, -0.1) is 0 Å². The SMILES string of the molecule is C/C(N)=C1\c2ccccc2NC(=O)N1N. The van der Waals surface area contributed by atoms with Gasteiger partial charge >= 0.3 is 6.03 Å². The summed E-state index contributed by atoms with van der Waals surface area (Å²) in [5, 5.41) is 3.69. The highest BCUT2D eigenvalue weighted by atomic mass is 16.2. The van der Waals surface area contributed by atoms with E-state index in [2.05, 4.69) is 5.32 Å². The molecule has 1 aromatic carbocycles. The first-order valence-corrected chi connectivity index (χ1v) is 4.53. The highest BCUT2D eigenvalue weighted by molar-refractivity contribution is 6.02. The molecule has 0 atom stereocenters. The molecule has 5 N–H and O–H groups in total. The fourth-order valence-electron chi connectivity index (χ4n) is 1.61. The summed E-state index contributed by atoms with van der Waals surface area (Å²) in [5.41, 5.74) is 8.34. The molecule has 0 bridgehead atoms. The minimum Gasteiger partial charge on any atom is -0.401 e. The number of rotatable bonds is 0. The molecule has 0 aromatic heterocycles. The van der Waals surface area contributed by atoms with Crippen molar-refractivity contribution >= 4 is 17.4 Å². The third-order valence-electron chi connectivity index (χ3n) is 2.26. The Balaban J connectivity index is 2.66. The van der Waals surface area contributed by atoms with Gasteiger partial charge in [-0.25, -0.2) is 15.6 Å². The standard InChI is InChI=1S/C10H12N4O/c1-6(11)9-7-4-2-3-5-8(7)13-10(15)14(9)12/h2-5H,11-12H2,1H3,(H,13,15)/b9-6-. The van der Waals surface area contributed by atoms with Crippen molar-refractivity contribution in [2.75, 3.05) is 5.32 Å². The molecule has 2 amide bonds. The number of hydrogen-bond acceptors (Lipinski definition) is 3. The molecule has 0 spiro atoms. The van der Waals surface area contributed by atoms with E-state index in [1.807, 2.05) is 24.3 Å². The number of allylic oxidation sites excluding steroid dienone is 1. The monoisotopic (exact) mass is 204 g/mol. The predicted octanol–water partition coefficient (Wildman–Crippen LogP) is 1.06. The average Bonchev–Trinajstić information content (AvgIpc) is 2.19. The summed E-state index contributed by atoms with van der Waals surface area (Å²) >= 11 is 0. The first kappa shape index (κ1) is 9.54. The van der Waals surface area contributed by atoms with Crippen molar-refractivity contribution in [3.05, 3.63) is 35.5 Å². The number of nitrogens with two attached hydrogens (primary N) is 2. The van der Waals surface area contributed by atoms with E-state index < -0.39 is 0 Å². The lowest BCUT2D eigenvalue weighted by Gasteiger charge is -2.28. The van der Waals surface area contributed by atoms with Gasteiger partial charge in [0.15, 0.2) is 0 Å². The number of carbonyl (C=O) groups is 1. The van der Waals surface area contributed by atoms with Gasteiger partial charge in [0.1, 0.15) is 0 Å². The van der Waals surface area contributed by atoms with Crippen LogP contribution in [0.25, 0.3) is 5.70 Å². The lowest BCUT2D eigenvalue weighted by Crippen LogP contribution is -2.43. The van der Waals surface area contributed by atoms with Gasteiger partial charge in [-0.05, 0) is 13.0 Å². The lowest BCUT2D eigenvalue weighted by atomic mass is 10.1. The van der Waals surface area contributed by atoms with E-state index in [1.165, 1.54) is 0 Å². The number of hydrazine groups is 1. The molecule has 0 saturated heterocycles. The van der Waals surface area contributed by atoms with E-state index in [1.54, 1.807) is 6.92 Å². The molecule has 0 saturated carbocycles. The number of nitrogens with one attached hydrogen (secondary N) is 1. The normalized spacial score (nSPS) is 18.3. The molecule has 78 valence electrons. The molecule has 15 heavy (non-hydrogen) atoms. The second-order valence-corrected chi connectivity index (χ2v) is 3.38. The zero-order valence-electron chi connectivity index (χ0n) is 8.32. The van der Waals surface area contributed by atoms with Crippen LogP contribution in [0.4, 0.5) is 10.5 Å². The number of carbonyl (C=O) groups excluding carboxylic acids is 1. The average molecular weight is 204 g/mol. The number of benzene rings is 1. The summed E-state index contributed by atoms with van der Waals surface area (Å²) in [6.07, 6.45) is 0. The van der Waals surface area contributed by atoms with E-state index >= 15 is 0 Å². The third kappa shape index (κ3) is 1.42. The molecular weight excluding hydrogens is 192 g/mol. The second kappa shape index (κ2) is 3.29. The molecule has 0 fully saturated rings. The summed E-state index contributed by atoms with van der Waals surface area (Å²) in [4.78, 5) is 11.5. The van der Waals surface area contributed by atoms with Crippen LogP contribution in [0.3, 0.4) is 0 Å². The summed E-state index contributed by atoms with van der Waals surface area (Å²) in [6.45, 7) is 1.71. The van der Waals surface area contributed by atoms with Crippen LogP contribution in [0.1, 0.15) is 12.5 Å². The van der Waals surface area contributed by atoms with Gasteiger partial charge < -0.3 is 11.1 Å². The van der Waals surface area contributed by atoms with Crippen LogP contribution in [0.2, 0.25) is 0 Å². The Labute approximate surface area is 87.3 Å². The zero-order chi connectivity index (χ0) is 11.0. The molecule has 1 aliphatic heterocycles. The van der Waals surface area contributed by atoms with Gasteiger partial charge in [0.25, 0.3) is 0 Å². The molecule has 0 radical (unpaired) electrons. The van der Waals surface area contributed by atoms with Crippen molar-refractivity contribution < 1.29 is 4.79 Å². The summed E-state index contributed by atoms with van der Waals surface area (Å²) in [6, 6.07) is 7.00. The quantitative estimate of drug-likeness (QED) is 0.436. The Kier molecular flexibility index (Phi) is 2.09. The maximum atomic E-state index is 11.5. The first-order chi connectivity index (χ1) is 7.11. The molecule has 1 heterocycles. The number of hydrogen-bond donors (Lipinski definition) is 3. The van der Waals surface area contributed by atoms with Crippen molar-refractivity contribution in [2.24, 2.45) is 11.6 Å². The molecule has 1 aliphatic rings. The highest BCUT2D eigenvalue weighted by Crippen LogP contribution is 2.30. The summed E-state index contributed by atoms with van der Waals surface area (Å²) < 4.78 is 0. The lowest BCUT2D eigenvalue weighted by molar-refractivity contribution is 0.231. The number of para-hydroxylation sites is 1. The Morgan fingerprint density at radius 1 is 1.40 bits per heavy atom. The number of amides is 2. The van der Waals surface area contributed by atoms with Crippen LogP contribution in [0.5, 0.6) is 0 Å². The summed E-state index contributed by atoms with van der Waals surface area (Å²) in [5.74, 6) is 5.62. The van der Waals surface area contributed by atoms with E-state index in [4.69, 9.17) is 11.6 Å². The zero-order valence-corrected chi connectivity index (χ0v) is 8.32. The molecule has 1 aromatic rings. The Bertz CT molecular complexity index is 448. The summed E-state index contributed by atoms with van der Waals surface area (Å²) in [7, 11) is 0. The van der Waals surface area contributed by atoms with E-state index in [0.29, 0.717) is 11.4 Å². The van der Waals surface area contributed by atoms with Crippen molar-refractivity contribution in [3.8, 4) is 0 Å². The Morgan fingerprint density at radius 3 is 2.73 bits per heavy atom. The largest absolute Gasteiger partial charge is 0.401 e. The second-order valence-electron chi connectivity index (χ2n) is 3.38. The van der Waals surface area contributed by atoms with Gasteiger partial charge in [-0.1, -0.05) is 18.2 Å². The van der Waals surface area contributed by atoms with E-state index in [-0.39, 0.29) is 6.03 Å². The maximum Gasteiger partial charge on any atom is 0.340 e. The van der Waals surface area contributed by atoms with Crippen LogP contribution in [-0.4, -0.2) is 11.0 Å². The van der Waals surface area contributed by atoms with Gasteiger partial charge in [-0.3, -0.25) is 0 Å². The van der Waals surface area contributed by atoms with Gasteiger partial charge in [0, 0.05) is 11.3 Å². The maximum absolute atomic E-state index is 11.5. The van der Waals surface area contributed by atoms with Crippen LogP contribution < -0.4 is 16.9 Å². The molecular formula is C10H12N4O. The van der Waals surface area contributed by atoms with E-state index in [0.717, 1.165) is 16.3 Å². The molecule has 5 heteroatoms. The van der Waals surface area contributed by atoms with Crippen molar-refractivity contribution in [2.45, 2.75) is 6.92 Å². The Hall–Kier alpha value is -2.01. The molecule has 5 nitrogen and oxygen atoms in total. The first-order valence-electron chi connectivity index (χ1n) is 4.53. The van der Waals surface area contributed by atoms with Crippen LogP contribution in [0, 0.1) is 0 Å². The molecule has 0 unspecified atom stereocenters. The minimum absolute atomic E-state index is 0.381. The number of nitrogens with zero attached hydrogens (tertiary/aromatic N) is 1. The van der Waals surface area contributed by atoms with Gasteiger partial charge in [-0.2, -0.15) is 0 Å². The van der Waals surface area contributed by atoms with Crippen molar-refractivity contribution in [1.82, 2.24) is 5.01 Å².